The molecule has 9 heteroatoms. The molecular formula is C29H31BClN3O4. The quantitative estimate of drug-likeness (QED) is 0.305. The number of hydrogen-bond donors (Lipinski definition) is 2. The van der Waals surface area contributed by atoms with E-state index in [9.17, 15) is 4.79 Å². The average molecular weight is 532 g/mol. The van der Waals surface area contributed by atoms with Crippen LogP contribution in [-0.2, 0) is 14.0 Å². The van der Waals surface area contributed by atoms with Gasteiger partial charge in [0.15, 0.2) is 0 Å². The second kappa shape index (κ2) is 10.1. The summed E-state index contributed by atoms with van der Waals surface area (Å²) in [6, 6.07) is 18.2. The Balaban J connectivity index is 1.31. The second-order valence-electron chi connectivity index (χ2n) is 10.6. The van der Waals surface area contributed by atoms with E-state index in [0.717, 1.165) is 11.1 Å². The smallest absolute Gasteiger partial charge is 0.449 e. The molecule has 1 aliphatic heterocycles. The van der Waals surface area contributed by atoms with Crippen LogP contribution in [0.25, 0.3) is 17.2 Å². The minimum Gasteiger partial charge on any atom is -0.449 e. The Labute approximate surface area is 228 Å². The average Bonchev–Trinajstić information content (AvgIpc) is 3.31. The molecule has 7 nitrogen and oxygen atoms in total. The maximum absolute atomic E-state index is 12.9. The summed E-state index contributed by atoms with van der Waals surface area (Å²) in [5.74, 6) is -0.0246. The summed E-state index contributed by atoms with van der Waals surface area (Å²) in [6.45, 7) is 8.23. The normalized spacial score (nSPS) is 17.7. The Morgan fingerprint density at radius 1 is 1.08 bits per heavy atom. The summed E-state index contributed by atoms with van der Waals surface area (Å²) in [5.41, 5.74) is 11.2. The number of rotatable bonds is 6. The third kappa shape index (κ3) is 5.04. The van der Waals surface area contributed by atoms with Gasteiger partial charge in [0, 0.05) is 18.0 Å². The number of halogens is 1. The van der Waals surface area contributed by atoms with Gasteiger partial charge in [0.1, 0.15) is 11.8 Å². The number of aromatic nitrogens is 1. The molecular weight excluding hydrogens is 501 g/mol. The zero-order valence-corrected chi connectivity index (χ0v) is 22.7. The number of amides is 1. The summed E-state index contributed by atoms with van der Waals surface area (Å²) in [4.78, 5) is 17.0. The lowest BCUT2D eigenvalue weighted by Gasteiger charge is -2.32. The number of hydrogen-bond acceptors (Lipinski definition) is 6. The van der Waals surface area contributed by atoms with Crippen LogP contribution in [0.2, 0.25) is 5.15 Å². The van der Waals surface area contributed by atoms with Crippen LogP contribution in [0.3, 0.4) is 0 Å². The molecule has 5 rings (SSSR count). The number of pyridine rings is 1. The number of ether oxygens (including phenoxy) is 1. The third-order valence-corrected chi connectivity index (χ3v) is 7.88. The minimum atomic E-state index is -0.702. The van der Waals surface area contributed by atoms with Crippen LogP contribution in [0, 0.1) is 0 Å². The first-order valence-corrected chi connectivity index (χ1v) is 13.0. The van der Waals surface area contributed by atoms with Crippen LogP contribution in [0.4, 0.5) is 10.5 Å². The Morgan fingerprint density at radius 3 is 2.26 bits per heavy atom. The molecule has 196 valence electrons. The van der Waals surface area contributed by atoms with Gasteiger partial charge in [-0.3, -0.25) is 0 Å². The van der Waals surface area contributed by atoms with E-state index >= 15 is 0 Å². The van der Waals surface area contributed by atoms with Crippen LogP contribution in [0.1, 0.15) is 50.3 Å². The van der Waals surface area contributed by atoms with Crippen molar-refractivity contribution in [1.29, 1.82) is 0 Å². The predicted molar refractivity (Wildman–Crippen MR) is 151 cm³/mol. The number of carbonyl (C=O) groups is 1. The number of anilines is 1. The minimum absolute atomic E-state index is 0.0246. The zero-order valence-electron chi connectivity index (χ0n) is 22.0. The number of nitrogen functional groups attached to an aromatic ring is 1. The molecule has 0 bridgehead atoms. The summed E-state index contributed by atoms with van der Waals surface area (Å²) in [6.07, 6.45) is 2.74. The summed E-state index contributed by atoms with van der Waals surface area (Å²) >= 11 is 6.32. The lowest BCUT2D eigenvalue weighted by molar-refractivity contribution is 0.00578. The van der Waals surface area contributed by atoms with Gasteiger partial charge in [0.05, 0.1) is 23.1 Å². The lowest BCUT2D eigenvalue weighted by atomic mass is 9.77. The van der Waals surface area contributed by atoms with Gasteiger partial charge in [-0.25, -0.2) is 9.78 Å². The molecule has 0 saturated carbocycles. The number of benzene rings is 2. The Hall–Kier alpha value is -3.33. The van der Waals surface area contributed by atoms with Gasteiger partial charge in [0.25, 0.3) is 0 Å². The molecule has 38 heavy (non-hydrogen) atoms. The van der Waals surface area contributed by atoms with E-state index < -0.39 is 24.4 Å². The number of nitrogens with two attached hydrogens (primary N) is 1. The monoisotopic (exact) mass is 531 g/mol. The summed E-state index contributed by atoms with van der Waals surface area (Å²) in [5, 5.41) is 3.14. The highest BCUT2D eigenvalue weighted by atomic mass is 35.5. The highest BCUT2D eigenvalue weighted by Crippen LogP contribution is 2.44. The van der Waals surface area contributed by atoms with E-state index in [0.29, 0.717) is 16.7 Å². The van der Waals surface area contributed by atoms with Crippen molar-refractivity contribution in [2.75, 3.05) is 18.9 Å². The Morgan fingerprint density at radius 2 is 1.66 bits per heavy atom. The topological polar surface area (TPSA) is 95.7 Å². The van der Waals surface area contributed by atoms with Crippen molar-refractivity contribution in [3.05, 3.63) is 88.1 Å². The number of carbonyl (C=O) groups excluding carboxylic acids is 1. The molecule has 1 aromatic heterocycles. The fraction of sp³-hybridized carbons (Fsp3) is 0.310. The van der Waals surface area contributed by atoms with Gasteiger partial charge in [0.2, 0.25) is 0 Å². The van der Waals surface area contributed by atoms with E-state index in [1.165, 1.54) is 17.3 Å². The van der Waals surface area contributed by atoms with Crippen molar-refractivity contribution in [2.24, 2.45) is 0 Å². The van der Waals surface area contributed by atoms with Crippen LogP contribution >= 0.6 is 11.6 Å². The SMILES string of the molecule is CC1(C)OB(C(=Cc2cc(N)cnc2Cl)CNC(=O)OCC2c3ccccc3-c3ccccc32)OC1(C)C. The summed E-state index contributed by atoms with van der Waals surface area (Å²) in [7, 11) is -0.702. The number of fused-ring (bicyclic) bond motifs is 3. The van der Waals surface area contributed by atoms with Gasteiger partial charge in [-0.2, -0.15) is 0 Å². The first kappa shape index (κ1) is 26.3. The number of nitrogens with zero attached hydrogens (tertiary/aromatic N) is 1. The highest BCUT2D eigenvalue weighted by molar-refractivity contribution is 6.56. The lowest BCUT2D eigenvalue weighted by Crippen LogP contribution is -2.41. The van der Waals surface area contributed by atoms with Crippen molar-refractivity contribution in [1.82, 2.24) is 10.3 Å². The molecule has 0 spiro atoms. The molecule has 3 aromatic rings. The molecule has 1 saturated heterocycles. The van der Waals surface area contributed by atoms with E-state index in [2.05, 4.69) is 34.6 Å². The Kier molecular flexibility index (Phi) is 6.98. The molecule has 2 heterocycles. The second-order valence-corrected chi connectivity index (χ2v) is 11.0. The molecule has 1 amide bonds. The first-order valence-electron chi connectivity index (χ1n) is 12.6. The zero-order chi connectivity index (χ0) is 27.1. The molecule has 0 atom stereocenters. The van der Waals surface area contributed by atoms with Crippen molar-refractivity contribution in [3.8, 4) is 11.1 Å². The van der Waals surface area contributed by atoms with E-state index in [4.69, 9.17) is 31.4 Å². The van der Waals surface area contributed by atoms with Crippen molar-refractivity contribution in [2.45, 2.75) is 44.8 Å². The van der Waals surface area contributed by atoms with Gasteiger partial charge < -0.3 is 25.1 Å². The predicted octanol–water partition coefficient (Wildman–Crippen LogP) is 5.87. The molecule has 0 radical (unpaired) electrons. The standard InChI is InChI=1S/C29H31BClN3O4/c1-28(2)29(3,4)38-30(37-28)19(13-18-14-20(32)16-33-26(18)31)15-34-27(35)36-17-25-23-11-7-5-9-21(23)22-10-6-8-12-24(22)25/h5-14,16,25H,15,17,32H2,1-4H3,(H,34,35). The van der Waals surface area contributed by atoms with Crippen LogP contribution in [-0.4, -0.2) is 42.5 Å². The van der Waals surface area contributed by atoms with Gasteiger partial charge in [-0.1, -0.05) is 66.2 Å². The fourth-order valence-corrected chi connectivity index (χ4v) is 4.96. The molecule has 2 aromatic carbocycles. The van der Waals surface area contributed by atoms with E-state index in [-0.39, 0.29) is 24.2 Å². The largest absolute Gasteiger partial charge is 0.492 e. The van der Waals surface area contributed by atoms with E-state index in [1.54, 1.807) is 12.1 Å². The highest BCUT2D eigenvalue weighted by Gasteiger charge is 2.52. The van der Waals surface area contributed by atoms with Crippen molar-refractivity contribution >= 4 is 36.6 Å². The number of nitrogens with one attached hydrogen (secondary N) is 1. The van der Waals surface area contributed by atoms with Gasteiger partial charge >= 0.3 is 13.2 Å². The van der Waals surface area contributed by atoms with E-state index in [1.807, 2.05) is 52.0 Å². The molecule has 1 aliphatic carbocycles. The van der Waals surface area contributed by atoms with Gasteiger partial charge in [-0.05, 0) is 61.5 Å². The molecule has 3 N–H and O–H groups in total. The molecule has 0 unspecified atom stereocenters. The third-order valence-electron chi connectivity index (χ3n) is 7.56. The number of alkyl carbamates (subject to hydrolysis) is 1. The molecule has 1 fully saturated rings. The van der Waals surface area contributed by atoms with Crippen LogP contribution in [0.15, 0.2) is 66.3 Å². The van der Waals surface area contributed by atoms with Crippen molar-refractivity contribution < 1.29 is 18.8 Å². The Bertz CT molecular complexity index is 1350. The maximum atomic E-state index is 12.9. The van der Waals surface area contributed by atoms with Gasteiger partial charge in [-0.15, -0.1) is 0 Å². The fourth-order valence-electron chi connectivity index (χ4n) is 4.80. The maximum Gasteiger partial charge on any atom is 0.492 e. The van der Waals surface area contributed by atoms with Crippen LogP contribution < -0.4 is 11.1 Å². The van der Waals surface area contributed by atoms with Crippen molar-refractivity contribution in [3.63, 3.8) is 0 Å². The molecule has 2 aliphatic rings. The van der Waals surface area contributed by atoms with Crippen LogP contribution in [0.5, 0.6) is 0 Å². The summed E-state index contributed by atoms with van der Waals surface area (Å²) < 4.78 is 18.2. The first-order chi connectivity index (χ1) is 18.1.